The Kier molecular flexibility index (Phi) is 4.65. The molecule has 0 aliphatic heterocycles. The molecule has 2 amide bonds. The average Bonchev–Trinajstić information content (AvgIpc) is 3.32. The molecule has 136 valence electrons. The maximum Gasteiger partial charge on any atom is 0.255 e. The van der Waals surface area contributed by atoms with E-state index in [1.54, 1.807) is 29.4 Å². The largest absolute Gasteiger partial charge is 0.353 e. The molecule has 4 rings (SSSR count). The lowest BCUT2D eigenvalue weighted by Gasteiger charge is -2.08. The molecular weight excluding hydrogens is 342 g/mol. The smallest absolute Gasteiger partial charge is 0.255 e. The number of amides is 2. The Balaban J connectivity index is 1.35. The van der Waals surface area contributed by atoms with Gasteiger partial charge in [-0.05, 0) is 54.8 Å². The quantitative estimate of drug-likeness (QED) is 0.705. The topological polar surface area (TPSA) is 88.9 Å². The van der Waals surface area contributed by atoms with Crippen LogP contribution in [-0.4, -0.2) is 32.6 Å². The van der Waals surface area contributed by atoms with Crippen molar-refractivity contribution < 1.29 is 9.59 Å². The van der Waals surface area contributed by atoms with Crippen LogP contribution >= 0.6 is 0 Å². The molecule has 1 saturated carbocycles. The number of nitrogens with one attached hydrogen (secondary N) is 2. The van der Waals surface area contributed by atoms with E-state index in [9.17, 15) is 9.59 Å². The monoisotopic (exact) mass is 361 g/mol. The van der Waals surface area contributed by atoms with Gasteiger partial charge in [0.05, 0.1) is 6.42 Å². The molecule has 2 aromatic carbocycles. The van der Waals surface area contributed by atoms with Crippen LogP contribution in [0.5, 0.6) is 0 Å². The minimum Gasteiger partial charge on any atom is -0.353 e. The van der Waals surface area contributed by atoms with Gasteiger partial charge in [-0.15, -0.1) is 10.2 Å². The first kappa shape index (κ1) is 17.0. The van der Waals surface area contributed by atoms with E-state index in [1.807, 2.05) is 36.4 Å². The maximum atomic E-state index is 12.4. The van der Waals surface area contributed by atoms with Crippen molar-refractivity contribution >= 4 is 17.5 Å². The molecule has 0 saturated heterocycles. The van der Waals surface area contributed by atoms with Gasteiger partial charge in [0, 0.05) is 23.0 Å². The fourth-order valence-electron chi connectivity index (χ4n) is 2.72. The summed E-state index contributed by atoms with van der Waals surface area (Å²) in [5, 5.41) is 13.4. The summed E-state index contributed by atoms with van der Waals surface area (Å²) in [6.45, 7) is 0. The van der Waals surface area contributed by atoms with E-state index in [4.69, 9.17) is 0 Å². The molecule has 0 atom stereocenters. The molecule has 0 spiro atoms. The Labute approximate surface area is 156 Å². The molecule has 1 fully saturated rings. The molecule has 3 aromatic rings. The van der Waals surface area contributed by atoms with Crippen LogP contribution in [0.4, 0.5) is 5.69 Å². The second kappa shape index (κ2) is 7.41. The van der Waals surface area contributed by atoms with Crippen LogP contribution in [0.1, 0.15) is 28.8 Å². The highest BCUT2D eigenvalue weighted by Gasteiger charge is 2.23. The number of carbonyl (C=O) groups excluding carboxylic acids is 2. The first-order chi connectivity index (χ1) is 13.2. The van der Waals surface area contributed by atoms with Crippen molar-refractivity contribution in [1.29, 1.82) is 0 Å². The zero-order chi connectivity index (χ0) is 18.6. The van der Waals surface area contributed by atoms with E-state index in [2.05, 4.69) is 20.8 Å². The fourth-order valence-corrected chi connectivity index (χ4v) is 2.72. The highest BCUT2D eigenvalue weighted by Crippen LogP contribution is 2.19. The zero-order valence-electron chi connectivity index (χ0n) is 14.6. The fraction of sp³-hybridized carbons (Fsp3) is 0.200. The van der Waals surface area contributed by atoms with Gasteiger partial charge in [0.25, 0.3) is 5.91 Å². The van der Waals surface area contributed by atoms with Gasteiger partial charge in [0.1, 0.15) is 12.7 Å². The average molecular weight is 361 g/mol. The van der Waals surface area contributed by atoms with Crippen LogP contribution in [0.15, 0.2) is 61.2 Å². The predicted octanol–water partition coefficient (Wildman–Crippen LogP) is 2.34. The van der Waals surface area contributed by atoms with E-state index in [0.29, 0.717) is 23.7 Å². The minimum absolute atomic E-state index is 0.0440. The molecule has 1 heterocycles. The molecule has 7 nitrogen and oxygen atoms in total. The molecule has 1 aliphatic rings. The molecule has 0 radical (unpaired) electrons. The molecule has 27 heavy (non-hydrogen) atoms. The van der Waals surface area contributed by atoms with Crippen LogP contribution in [0.2, 0.25) is 0 Å². The van der Waals surface area contributed by atoms with Crippen molar-refractivity contribution in [2.75, 3.05) is 5.32 Å². The summed E-state index contributed by atoms with van der Waals surface area (Å²) in [5.41, 5.74) is 3.05. The number of hydrogen-bond donors (Lipinski definition) is 2. The normalized spacial score (nSPS) is 13.2. The Hall–Kier alpha value is -3.48. The molecule has 2 N–H and O–H groups in total. The van der Waals surface area contributed by atoms with Crippen molar-refractivity contribution in [3.8, 4) is 5.69 Å². The lowest BCUT2D eigenvalue weighted by molar-refractivity contribution is -0.120. The number of carbonyl (C=O) groups is 2. The summed E-state index contributed by atoms with van der Waals surface area (Å²) in [4.78, 5) is 24.2. The first-order valence-corrected chi connectivity index (χ1v) is 8.82. The Bertz CT molecular complexity index is 930. The standard InChI is InChI=1S/C20H19N5O2/c26-19(23-16-7-8-16)11-14-1-5-17(6-2-14)24-20(27)15-3-9-18(10-4-15)25-12-21-22-13-25/h1-6,9-10,12-13,16H,7-8,11H2,(H,23,26)(H,24,27). The van der Waals surface area contributed by atoms with Crippen LogP contribution in [0.3, 0.4) is 0 Å². The van der Waals surface area contributed by atoms with Gasteiger partial charge >= 0.3 is 0 Å². The number of rotatable bonds is 6. The second-order valence-corrected chi connectivity index (χ2v) is 6.59. The summed E-state index contributed by atoms with van der Waals surface area (Å²) in [5.74, 6) is -0.146. The number of nitrogens with zero attached hydrogens (tertiary/aromatic N) is 3. The van der Waals surface area contributed by atoms with Gasteiger partial charge in [-0.2, -0.15) is 0 Å². The minimum atomic E-state index is -0.190. The van der Waals surface area contributed by atoms with Gasteiger partial charge in [0.2, 0.25) is 5.91 Å². The van der Waals surface area contributed by atoms with Gasteiger partial charge in [0.15, 0.2) is 0 Å². The Morgan fingerprint density at radius 3 is 2.26 bits per heavy atom. The van der Waals surface area contributed by atoms with E-state index >= 15 is 0 Å². The van der Waals surface area contributed by atoms with Crippen molar-refractivity contribution in [1.82, 2.24) is 20.1 Å². The van der Waals surface area contributed by atoms with Crippen LogP contribution < -0.4 is 10.6 Å². The zero-order valence-corrected chi connectivity index (χ0v) is 14.6. The Morgan fingerprint density at radius 1 is 0.963 bits per heavy atom. The van der Waals surface area contributed by atoms with E-state index < -0.39 is 0 Å². The SMILES string of the molecule is O=C(Cc1ccc(NC(=O)c2ccc(-n3cnnc3)cc2)cc1)NC1CC1. The first-order valence-electron chi connectivity index (χ1n) is 8.82. The second-order valence-electron chi connectivity index (χ2n) is 6.59. The summed E-state index contributed by atoms with van der Waals surface area (Å²) in [7, 11) is 0. The van der Waals surface area contributed by atoms with Gasteiger partial charge in [-0.3, -0.25) is 14.2 Å². The number of aromatic nitrogens is 3. The van der Waals surface area contributed by atoms with Crippen LogP contribution in [-0.2, 0) is 11.2 Å². The number of hydrogen-bond acceptors (Lipinski definition) is 4. The van der Waals surface area contributed by atoms with E-state index in [-0.39, 0.29) is 11.8 Å². The third kappa shape index (κ3) is 4.38. The Morgan fingerprint density at radius 2 is 1.63 bits per heavy atom. The summed E-state index contributed by atoms with van der Waals surface area (Å²) >= 11 is 0. The maximum absolute atomic E-state index is 12.4. The number of anilines is 1. The third-order valence-corrected chi connectivity index (χ3v) is 4.37. The van der Waals surface area contributed by atoms with Gasteiger partial charge in [-0.25, -0.2) is 0 Å². The summed E-state index contributed by atoms with van der Waals surface area (Å²) < 4.78 is 1.76. The van der Waals surface area contributed by atoms with E-state index in [1.165, 1.54) is 0 Å². The van der Waals surface area contributed by atoms with Gasteiger partial charge < -0.3 is 10.6 Å². The van der Waals surface area contributed by atoms with Gasteiger partial charge in [-0.1, -0.05) is 12.1 Å². The summed E-state index contributed by atoms with van der Waals surface area (Å²) in [6.07, 6.45) is 5.71. The number of benzene rings is 2. The highest BCUT2D eigenvalue weighted by atomic mass is 16.2. The van der Waals surface area contributed by atoms with Crippen LogP contribution in [0, 0.1) is 0 Å². The molecule has 1 aliphatic carbocycles. The summed E-state index contributed by atoms with van der Waals surface area (Å²) in [6, 6.07) is 14.9. The molecule has 7 heteroatoms. The molecule has 0 bridgehead atoms. The lowest BCUT2D eigenvalue weighted by atomic mass is 10.1. The van der Waals surface area contributed by atoms with Crippen molar-refractivity contribution in [3.05, 3.63) is 72.3 Å². The van der Waals surface area contributed by atoms with Crippen molar-refractivity contribution in [2.24, 2.45) is 0 Å². The predicted molar refractivity (Wildman–Crippen MR) is 101 cm³/mol. The van der Waals surface area contributed by atoms with E-state index in [0.717, 1.165) is 24.1 Å². The molecular formula is C20H19N5O2. The molecule has 1 aromatic heterocycles. The van der Waals surface area contributed by atoms with Crippen molar-refractivity contribution in [2.45, 2.75) is 25.3 Å². The van der Waals surface area contributed by atoms with Crippen molar-refractivity contribution in [3.63, 3.8) is 0 Å². The third-order valence-electron chi connectivity index (χ3n) is 4.37. The van der Waals surface area contributed by atoms with Crippen LogP contribution in [0.25, 0.3) is 5.69 Å². The lowest BCUT2D eigenvalue weighted by Crippen LogP contribution is -2.26. The molecule has 0 unspecified atom stereocenters. The highest BCUT2D eigenvalue weighted by molar-refractivity contribution is 6.04.